The lowest BCUT2D eigenvalue weighted by Gasteiger charge is -2.41. The fourth-order valence-electron chi connectivity index (χ4n) is 2.69. The summed E-state index contributed by atoms with van der Waals surface area (Å²) >= 11 is 0. The molecule has 7 heteroatoms. The van der Waals surface area contributed by atoms with E-state index in [2.05, 4.69) is 45.8 Å². The minimum atomic E-state index is -1.99. The van der Waals surface area contributed by atoms with Crippen LogP contribution in [0.3, 0.4) is 0 Å². The molecule has 0 amide bonds. The van der Waals surface area contributed by atoms with Crippen molar-refractivity contribution in [2.75, 3.05) is 0 Å². The van der Waals surface area contributed by atoms with E-state index in [-0.39, 0.29) is 17.2 Å². The summed E-state index contributed by atoms with van der Waals surface area (Å²) < 4.78 is 13.1. The summed E-state index contributed by atoms with van der Waals surface area (Å²) in [6.07, 6.45) is 3.94. The maximum atomic E-state index is 9.30. The lowest BCUT2D eigenvalue weighted by Crippen LogP contribution is -2.46. The molecule has 0 spiro atoms. The summed E-state index contributed by atoms with van der Waals surface area (Å²) in [7, 11) is -3.48. The highest BCUT2D eigenvalue weighted by atomic mass is 28.4. The number of hydrogen-bond donors (Lipinski definition) is 2. The predicted molar refractivity (Wildman–Crippen MR) is 116 cm³/mol. The molecule has 1 aromatic carbocycles. The molecular weight excluding hydrogens is 369 g/mol. The predicted octanol–water partition coefficient (Wildman–Crippen LogP) is 3.68. The largest absolute Gasteiger partial charge is 0.488 e. The number of nitrogens with zero attached hydrogens (tertiary/aromatic N) is 1. The molecule has 1 unspecified atom stereocenters. The molecule has 0 bridgehead atoms. The van der Waals surface area contributed by atoms with Crippen molar-refractivity contribution in [3.05, 3.63) is 54.4 Å². The van der Waals surface area contributed by atoms with E-state index in [1.54, 1.807) is 36.7 Å². The zero-order chi connectivity index (χ0) is 20.9. The highest BCUT2D eigenvalue weighted by Crippen LogP contribution is 2.40. The van der Waals surface area contributed by atoms with Gasteiger partial charge in [-0.15, -0.1) is 0 Å². The second kappa shape index (κ2) is 9.22. The number of benzene rings is 1. The van der Waals surface area contributed by atoms with Crippen LogP contribution in [0, 0.1) is 0 Å². The van der Waals surface area contributed by atoms with Crippen LogP contribution < -0.4 is 10.2 Å². The van der Waals surface area contributed by atoms with Gasteiger partial charge in [0.1, 0.15) is 11.9 Å². The Hall–Kier alpha value is -1.67. The zero-order valence-electron chi connectivity index (χ0n) is 17.7. The van der Waals surface area contributed by atoms with Crippen molar-refractivity contribution >= 4 is 20.9 Å². The molecule has 2 aromatic rings. The molecule has 0 saturated carbocycles. The molecule has 0 saturated heterocycles. The van der Waals surface area contributed by atoms with Gasteiger partial charge in [-0.3, -0.25) is 4.98 Å². The van der Waals surface area contributed by atoms with E-state index in [4.69, 9.17) is 9.16 Å². The van der Waals surface area contributed by atoms with Gasteiger partial charge in [0.2, 0.25) is 0 Å². The van der Waals surface area contributed by atoms with Crippen molar-refractivity contribution in [2.45, 2.75) is 64.5 Å². The van der Waals surface area contributed by atoms with E-state index in [1.165, 1.54) is 0 Å². The van der Waals surface area contributed by atoms with Crippen LogP contribution >= 0.6 is 0 Å². The number of hydrogen-bond acceptors (Lipinski definition) is 5. The Labute approximate surface area is 170 Å². The van der Waals surface area contributed by atoms with Crippen molar-refractivity contribution in [3.8, 4) is 5.75 Å². The molecule has 1 heterocycles. The van der Waals surface area contributed by atoms with Crippen molar-refractivity contribution in [1.82, 2.24) is 4.98 Å². The number of pyridine rings is 1. The van der Waals surface area contributed by atoms with Crippen LogP contribution in [0.5, 0.6) is 5.75 Å². The average Bonchev–Trinajstić information content (AvgIpc) is 2.64. The van der Waals surface area contributed by atoms with Crippen LogP contribution in [0.25, 0.3) is 0 Å². The van der Waals surface area contributed by atoms with Crippen molar-refractivity contribution in [2.24, 2.45) is 0 Å². The van der Waals surface area contributed by atoms with E-state index >= 15 is 0 Å². The van der Waals surface area contributed by atoms with Gasteiger partial charge >= 0.3 is 7.12 Å². The standard InChI is InChI=1S/C21H32BNO4Si/c1-7-19(27-28(5,6)21(2,3)4)20(16-12-14-23-15-13-16)26-18-10-8-17(9-11-18)22(24)25/h8-15,19-20,24-25H,7H2,1-6H3/t19-,20?/m1/s1. The molecule has 0 aliphatic heterocycles. The lowest BCUT2D eigenvalue weighted by atomic mass is 9.80. The summed E-state index contributed by atoms with van der Waals surface area (Å²) in [4.78, 5) is 4.12. The molecule has 28 heavy (non-hydrogen) atoms. The van der Waals surface area contributed by atoms with Crippen molar-refractivity contribution in [3.63, 3.8) is 0 Å². The van der Waals surface area contributed by atoms with E-state index in [1.807, 2.05) is 12.1 Å². The third-order valence-corrected chi connectivity index (χ3v) is 9.97. The Kier molecular flexibility index (Phi) is 7.45. The summed E-state index contributed by atoms with van der Waals surface area (Å²) in [6.45, 7) is 13.3. The molecular formula is C21H32BNO4Si. The van der Waals surface area contributed by atoms with E-state index < -0.39 is 15.4 Å². The van der Waals surface area contributed by atoms with Gasteiger partial charge in [0, 0.05) is 12.4 Å². The van der Waals surface area contributed by atoms with Crippen LogP contribution in [0.2, 0.25) is 18.1 Å². The molecule has 2 atom stereocenters. The van der Waals surface area contributed by atoms with E-state index in [0.717, 1.165) is 12.0 Å². The average molecular weight is 401 g/mol. The number of aromatic nitrogens is 1. The molecule has 152 valence electrons. The van der Waals surface area contributed by atoms with E-state index in [0.29, 0.717) is 11.2 Å². The topological polar surface area (TPSA) is 71.8 Å². The Morgan fingerprint density at radius 2 is 1.61 bits per heavy atom. The quantitative estimate of drug-likeness (QED) is 0.661. The molecule has 2 rings (SSSR count). The van der Waals surface area contributed by atoms with Gasteiger partial charge in [0.15, 0.2) is 8.32 Å². The van der Waals surface area contributed by atoms with Crippen LogP contribution in [-0.2, 0) is 4.43 Å². The Bertz CT molecular complexity index is 732. The Morgan fingerprint density at radius 1 is 1.04 bits per heavy atom. The molecule has 0 aliphatic rings. The molecule has 5 nitrogen and oxygen atoms in total. The van der Waals surface area contributed by atoms with Gasteiger partial charge in [-0.25, -0.2) is 0 Å². The van der Waals surface area contributed by atoms with Gasteiger partial charge in [0.25, 0.3) is 0 Å². The van der Waals surface area contributed by atoms with Crippen LogP contribution in [0.1, 0.15) is 45.8 Å². The minimum Gasteiger partial charge on any atom is -0.483 e. The van der Waals surface area contributed by atoms with E-state index in [9.17, 15) is 10.0 Å². The fourth-order valence-corrected chi connectivity index (χ4v) is 4.09. The van der Waals surface area contributed by atoms with Gasteiger partial charge in [-0.1, -0.05) is 39.8 Å². The first-order valence-corrected chi connectivity index (χ1v) is 12.7. The third kappa shape index (κ3) is 5.67. The van der Waals surface area contributed by atoms with Gasteiger partial charge in [0.05, 0.1) is 6.10 Å². The first kappa shape index (κ1) is 22.6. The highest BCUT2D eigenvalue weighted by Gasteiger charge is 2.41. The fraction of sp³-hybridized carbons (Fsp3) is 0.476. The Morgan fingerprint density at radius 3 is 2.07 bits per heavy atom. The summed E-state index contributed by atoms with van der Waals surface area (Å²) in [6, 6.07) is 10.7. The summed E-state index contributed by atoms with van der Waals surface area (Å²) in [5.41, 5.74) is 1.43. The van der Waals surface area contributed by atoms with Crippen LogP contribution in [-0.4, -0.2) is 36.6 Å². The number of rotatable bonds is 8. The first-order valence-electron chi connectivity index (χ1n) is 9.75. The number of ether oxygens (including phenoxy) is 1. The van der Waals surface area contributed by atoms with Gasteiger partial charge in [-0.05, 0) is 59.8 Å². The molecule has 0 aliphatic carbocycles. The summed E-state index contributed by atoms with van der Waals surface area (Å²) in [5, 5.41) is 18.7. The second-order valence-electron chi connectivity index (χ2n) is 8.59. The molecule has 2 N–H and O–H groups in total. The first-order chi connectivity index (χ1) is 13.0. The van der Waals surface area contributed by atoms with Gasteiger partial charge < -0.3 is 19.2 Å². The Balaban J connectivity index is 2.33. The smallest absolute Gasteiger partial charge is 0.483 e. The molecule has 0 radical (unpaired) electrons. The zero-order valence-corrected chi connectivity index (χ0v) is 18.7. The highest BCUT2D eigenvalue weighted by molar-refractivity contribution is 6.74. The molecule has 0 fully saturated rings. The second-order valence-corrected chi connectivity index (χ2v) is 13.3. The van der Waals surface area contributed by atoms with Crippen molar-refractivity contribution < 1.29 is 19.2 Å². The van der Waals surface area contributed by atoms with Crippen LogP contribution in [0.4, 0.5) is 0 Å². The summed E-state index contributed by atoms with van der Waals surface area (Å²) in [5.74, 6) is 0.656. The maximum absolute atomic E-state index is 9.30. The van der Waals surface area contributed by atoms with Crippen LogP contribution in [0.15, 0.2) is 48.8 Å². The maximum Gasteiger partial charge on any atom is 0.488 e. The SMILES string of the molecule is CC[C@@H](O[Si](C)(C)C(C)(C)C)C(Oc1ccc(B(O)O)cc1)c1ccncc1. The lowest BCUT2D eigenvalue weighted by molar-refractivity contribution is 0.0410. The van der Waals surface area contributed by atoms with Gasteiger partial charge in [-0.2, -0.15) is 0 Å². The van der Waals surface area contributed by atoms with Crippen molar-refractivity contribution in [1.29, 1.82) is 0 Å². The third-order valence-electron chi connectivity index (χ3n) is 5.47. The monoisotopic (exact) mass is 401 g/mol. The normalized spacial score (nSPS) is 14.4. The molecule has 1 aromatic heterocycles. The minimum absolute atomic E-state index is 0.0993.